The number of nitrogens with zero attached hydrogens (tertiary/aromatic N) is 3. The molecular weight excluding hydrogens is 558 g/mol. The van der Waals surface area contributed by atoms with E-state index in [4.69, 9.17) is 25.3 Å². The van der Waals surface area contributed by atoms with Crippen molar-refractivity contribution in [3.05, 3.63) is 99.3 Å². The number of furan rings is 1. The van der Waals surface area contributed by atoms with Crippen LogP contribution >= 0.6 is 15.9 Å². The Bertz CT molecular complexity index is 1830. The average Bonchev–Trinajstić information content (AvgIpc) is 3.35. The van der Waals surface area contributed by atoms with Crippen LogP contribution in [0.3, 0.4) is 0 Å². The molecule has 0 aliphatic carbocycles. The van der Waals surface area contributed by atoms with Gasteiger partial charge in [-0.2, -0.15) is 9.78 Å². The molecule has 5 aromatic rings. The molecule has 0 amide bonds. The Morgan fingerprint density at radius 3 is 2.82 bits per heavy atom. The summed E-state index contributed by atoms with van der Waals surface area (Å²) < 4.78 is 19.9. The first kappa shape index (κ1) is 26.0. The van der Waals surface area contributed by atoms with Gasteiger partial charge >= 0.3 is 0 Å². The van der Waals surface area contributed by atoms with E-state index in [1.807, 2.05) is 43.3 Å². The number of para-hydroxylation sites is 1. The Balaban J connectivity index is 1.67. The fraction of sp³-hybridized carbons (Fsp3) is 0.129. The van der Waals surface area contributed by atoms with Gasteiger partial charge in [0.15, 0.2) is 17.3 Å². The van der Waals surface area contributed by atoms with E-state index in [0.717, 1.165) is 15.4 Å². The van der Waals surface area contributed by atoms with Gasteiger partial charge in [0.25, 0.3) is 5.56 Å². The van der Waals surface area contributed by atoms with Crippen molar-refractivity contribution in [3.8, 4) is 35.4 Å². The Morgan fingerprint density at radius 1 is 1.18 bits per heavy atom. The molecule has 2 heterocycles. The Morgan fingerprint density at radius 2 is 2.03 bits per heavy atom. The van der Waals surface area contributed by atoms with E-state index in [1.54, 1.807) is 36.6 Å². The lowest BCUT2D eigenvalue weighted by Gasteiger charge is -2.15. The lowest BCUT2D eigenvalue weighted by molar-refractivity contribution is 0.297. The minimum atomic E-state index is -0.321. The zero-order chi connectivity index (χ0) is 27.4. The molecule has 39 heavy (non-hydrogen) atoms. The van der Waals surface area contributed by atoms with E-state index in [9.17, 15) is 4.79 Å². The third kappa shape index (κ3) is 5.35. The lowest BCUT2D eigenvalue weighted by Crippen LogP contribution is -2.20. The molecule has 5 rings (SSSR count). The van der Waals surface area contributed by atoms with Crippen molar-refractivity contribution in [2.75, 3.05) is 13.2 Å². The van der Waals surface area contributed by atoms with Crippen LogP contribution in [0.5, 0.6) is 11.5 Å². The SMILES string of the molecule is C#CCOc1c(CC=C)cc(C=Nn2c(-c3cc4cc(Br)ccc4o3)nc3ccccc3c2=O)cc1OCC. The van der Waals surface area contributed by atoms with Crippen LogP contribution in [0.25, 0.3) is 33.5 Å². The van der Waals surface area contributed by atoms with Crippen LogP contribution in [0.2, 0.25) is 0 Å². The molecule has 194 valence electrons. The van der Waals surface area contributed by atoms with Gasteiger partial charge < -0.3 is 13.9 Å². The molecule has 8 heteroatoms. The molecular formula is C31H24BrN3O4. The highest BCUT2D eigenvalue weighted by molar-refractivity contribution is 9.10. The Labute approximate surface area is 233 Å². The number of hydrogen-bond acceptors (Lipinski definition) is 6. The van der Waals surface area contributed by atoms with E-state index in [2.05, 4.69) is 33.5 Å². The van der Waals surface area contributed by atoms with Gasteiger partial charge in [0, 0.05) is 15.4 Å². The molecule has 0 saturated carbocycles. The molecule has 3 aromatic carbocycles. The van der Waals surface area contributed by atoms with Crippen molar-refractivity contribution in [3.63, 3.8) is 0 Å². The summed E-state index contributed by atoms with van der Waals surface area (Å²) in [5.74, 6) is 4.28. The van der Waals surface area contributed by atoms with Crippen LogP contribution in [0.1, 0.15) is 18.1 Å². The molecule has 0 radical (unpaired) electrons. The van der Waals surface area contributed by atoms with Gasteiger partial charge in [-0.3, -0.25) is 4.79 Å². The van der Waals surface area contributed by atoms with Crippen LogP contribution in [0.15, 0.2) is 92.1 Å². The lowest BCUT2D eigenvalue weighted by atomic mass is 10.1. The van der Waals surface area contributed by atoms with Crippen molar-refractivity contribution in [2.24, 2.45) is 5.10 Å². The smallest absolute Gasteiger partial charge is 0.282 e. The number of aromatic nitrogens is 2. The number of allylic oxidation sites excluding steroid dienone is 1. The summed E-state index contributed by atoms with van der Waals surface area (Å²) in [6.45, 7) is 6.27. The molecule has 0 aliphatic rings. The van der Waals surface area contributed by atoms with Crippen molar-refractivity contribution in [1.29, 1.82) is 0 Å². The minimum absolute atomic E-state index is 0.104. The number of fused-ring (bicyclic) bond motifs is 2. The molecule has 0 N–H and O–H groups in total. The largest absolute Gasteiger partial charge is 0.490 e. The maximum absolute atomic E-state index is 13.6. The number of terminal acetylenes is 1. The van der Waals surface area contributed by atoms with Crippen LogP contribution in [-0.4, -0.2) is 29.1 Å². The summed E-state index contributed by atoms with van der Waals surface area (Å²) >= 11 is 3.49. The standard InChI is InChI=1S/C31H24BrN3O4/c1-4-9-21-15-20(16-27(37-6-3)29(21)38-14-5-2)19-33-35-30(34-25-11-8-7-10-24(25)31(35)36)28-18-22-17-23(32)12-13-26(22)39-28/h2,4,7-8,10-13,15-19H,1,6,9,14H2,3H3. The van der Waals surface area contributed by atoms with Gasteiger partial charge in [-0.05, 0) is 67.4 Å². The highest BCUT2D eigenvalue weighted by Crippen LogP contribution is 2.34. The minimum Gasteiger partial charge on any atom is -0.490 e. The number of rotatable bonds is 9. The molecule has 0 spiro atoms. The van der Waals surface area contributed by atoms with Crippen molar-refractivity contribution < 1.29 is 13.9 Å². The van der Waals surface area contributed by atoms with Crippen molar-refractivity contribution in [2.45, 2.75) is 13.3 Å². The van der Waals surface area contributed by atoms with Gasteiger partial charge in [0.2, 0.25) is 5.82 Å². The highest BCUT2D eigenvalue weighted by atomic mass is 79.9. The summed E-state index contributed by atoms with van der Waals surface area (Å²) in [5, 5.41) is 5.89. The maximum atomic E-state index is 13.6. The number of halogens is 1. The first-order valence-electron chi connectivity index (χ1n) is 12.2. The molecule has 0 bridgehead atoms. The zero-order valence-electron chi connectivity index (χ0n) is 21.2. The normalized spacial score (nSPS) is 11.2. The van der Waals surface area contributed by atoms with Crippen LogP contribution in [0.4, 0.5) is 0 Å². The Hall–Kier alpha value is -4.61. The fourth-order valence-corrected chi connectivity index (χ4v) is 4.62. The highest BCUT2D eigenvalue weighted by Gasteiger charge is 2.17. The van der Waals surface area contributed by atoms with Crippen LogP contribution in [-0.2, 0) is 6.42 Å². The Kier molecular flexibility index (Phi) is 7.62. The zero-order valence-corrected chi connectivity index (χ0v) is 22.8. The quantitative estimate of drug-likeness (QED) is 0.111. The monoisotopic (exact) mass is 581 g/mol. The summed E-state index contributed by atoms with van der Waals surface area (Å²) in [4.78, 5) is 18.4. The van der Waals surface area contributed by atoms with E-state index in [1.165, 1.54) is 4.68 Å². The average molecular weight is 582 g/mol. The summed E-state index contributed by atoms with van der Waals surface area (Å²) in [6, 6.07) is 18.4. The van der Waals surface area contributed by atoms with Gasteiger partial charge in [0.1, 0.15) is 12.2 Å². The van der Waals surface area contributed by atoms with Gasteiger partial charge in [-0.25, -0.2) is 4.98 Å². The number of benzene rings is 3. The topological polar surface area (TPSA) is 78.9 Å². The predicted octanol–water partition coefficient (Wildman–Crippen LogP) is 6.59. The molecule has 7 nitrogen and oxygen atoms in total. The number of ether oxygens (including phenoxy) is 2. The summed E-state index contributed by atoms with van der Waals surface area (Å²) in [7, 11) is 0. The second-order valence-corrected chi connectivity index (χ2v) is 9.45. The van der Waals surface area contributed by atoms with E-state index >= 15 is 0 Å². The van der Waals surface area contributed by atoms with E-state index in [-0.39, 0.29) is 18.0 Å². The van der Waals surface area contributed by atoms with E-state index in [0.29, 0.717) is 52.3 Å². The predicted molar refractivity (Wildman–Crippen MR) is 158 cm³/mol. The molecule has 0 saturated heterocycles. The third-order valence-electron chi connectivity index (χ3n) is 5.89. The van der Waals surface area contributed by atoms with Gasteiger partial charge in [-0.1, -0.05) is 40.1 Å². The van der Waals surface area contributed by atoms with Crippen LogP contribution < -0.4 is 15.0 Å². The molecule has 0 atom stereocenters. The maximum Gasteiger partial charge on any atom is 0.282 e. The van der Waals surface area contributed by atoms with E-state index < -0.39 is 0 Å². The molecule has 2 aromatic heterocycles. The first-order valence-corrected chi connectivity index (χ1v) is 13.0. The second-order valence-electron chi connectivity index (χ2n) is 8.53. The number of hydrogen-bond donors (Lipinski definition) is 0. The summed E-state index contributed by atoms with van der Waals surface area (Å²) in [5.41, 5.74) is 2.43. The van der Waals surface area contributed by atoms with Crippen molar-refractivity contribution >= 4 is 44.0 Å². The second kappa shape index (κ2) is 11.4. The van der Waals surface area contributed by atoms with Crippen molar-refractivity contribution in [1.82, 2.24) is 9.66 Å². The molecule has 0 aliphatic heterocycles. The van der Waals surface area contributed by atoms with Gasteiger partial charge in [0.05, 0.1) is 23.7 Å². The fourth-order valence-electron chi connectivity index (χ4n) is 4.24. The molecule has 0 unspecified atom stereocenters. The third-order valence-corrected chi connectivity index (χ3v) is 6.39. The van der Waals surface area contributed by atoms with Crippen LogP contribution in [0, 0.1) is 12.3 Å². The van der Waals surface area contributed by atoms with Gasteiger partial charge in [-0.15, -0.1) is 13.0 Å². The molecule has 0 fully saturated rings. The first-order chi connectivity index (χ1) is 19.0. The summed E-state index contributed by atoms with van der Waals surface area (Å²) in [6.07, 6.45) is 9.29.